The van der Waals surface area contributed by atoms with Crippen LogP contribution in [0.5, 0.6) is 5.88 Å². The zero-order chi connectivity index (χ0) is 33.6. The number of alkyl halides is 6. The lowest BCUT2D eigenvalue weighted by Gasteiger charge is -2.32. The molecule has 1 atom stereocenters. The molecule has 0 radical (unpaired) electrons. The zero-order valence-corrected chi connectivity index (χ0v) is 25.5. The van der Waals surface area contributed by atoms with Crippen LogP contribution in [0.1, 0.15) is 47.8 Å². The van der Waals surface area contributed by atoms with E-state index in [1.54, 1.807) is 22.8 Å². The highest BCUT2D eigenvalue weighted by Gasteiger charge is 2.71. The number of hydrogen-bond donors (Lipinski definition) is 1. The van der Waals surface area contributed by atoms with Gasteiger partial charge in [0.15, 0.2) is 0 Å². The maximum Gasteiger partial charge on any atom is 0.430 e. The number of rotatable bonds is 9. The standard InChI is InChI=1S/C32H30ClF7N4O3/c33-22-6-4-20(24(34)15-22)18-47-29-3-1-2-25(42-29)19-8-11-43(12-9-19)17-28-41-26-14-21(30(45,31(35,36)37)32(38,39)40)5-7-27(26)44(28)16-23-10-13-46-23/h1-7,14-15,19,23,45H,8-13,16-18H2. The van der Waals surface area contributed by atoms with Gasteiger partial charge in [-0.1, -0.05) is 29.8 Å². The van der Waals surface area contributed by atoms with Crippen LogP contribution in [0.3, 0.4) is 0 Å². The third-order valence-corrected chi connectivity index (χ3v) is 8.99. The van der Waals surface area contributed by atoms with Gasteiger partial charge in [-0.05, 0) is 62.7 Å². The average Bonchev–Trinajstić information content (AvgIpc) is 3.33. The van der Waals surface area contributed by atoms with Gasteiger partial charge < -0.3 is 19.1 Å². The van der Waals surface area contributed by atoms with Crippen LogP contribution in [0.15, 0.2) is 54.6 Å². The summed E-state index contributed by atoms with van der Waals surface area (Å²) in [6, 6.07) is 12.2. The van der Waals surface area contributed by atoms with Crippen molar-refractivity contribution in [3.05, 3.63) is 88.1 Å². The SMILES string of the molecule is OC(c1ccc2c(c1)nc(CN1CCC(c3cccc(OCc4ccc(Cl)cc4F)n3)CC1)n2CC1CCO1)(C(F)(F)F)C(F)(F)F. The van der Waals surface area contributed by atoms with Crippen molar-refractivity contribution in [3.8, 4) is 5.88 Å². The molecule has 0 aliphatic carbocycles. The molecule has 4 heterocycles. The number of hydrogen-bond acceptors (Lipinski definition) is 6. The van der Waals surface area contributed by atoms with E-state index in [4.69, 9.17) is 21.1 Å². The molecule has 47 heavy (non-hydrogen) atoms. The highest BCUT2D eigenvalue weighted by Crippen LogP contribution is 2.50. The minimum Gasteiger partial charge on any atom is -0.473 e. The Morgan fingerprint density at radius 3 is 2.30 bits per heavy atom. The Balaban J connectivity index is 1.16. The molecule has 2 aromatic carbocycles. The lowest BCUT2D eigenvalue weighted by atomic mass is 9.92. The van der Waals surface area contributed by atoms with Crippen LogP contribution in [-0.4, -0.2) is 62.7 Å². The number of fused-ring (bicyclic) bond motifs is 1. The molecule has 0 bridgehead atoms. The first-order valence-corrected chi connectivity index (χ1v) is 15.3. The zero-order valence-electron chi connectivity index (χ0n) is 24.8. The molecule has 1 unspecified atom stereocenters. The van der Waals surface area contributed by atoms with E-state index in [-0.39, 0.29) is 29.2 Å². The molecule has 15 heteroatoms. The van der Waals surface area contributed by atoms with E-state index < -0.39 is 29.3 Å². The second-order valence-electron chi connectivity index (χ2n) is 11.8. The van der Waals surface area contributed by atoms with Crippen molar-refractivity contribution in [3.63, 3.8) is 0 Å². The van der Waals surface area contributed by atoms with Gasteiger partial charge >= 0.3 is 12.4 Å². The quantitative estimate of drug-likeness (QED) is 0.187. The van der Waals surface area contributed by atoms with E-state index in [1.165, 1.54) is 6.07 Å². The van der Waals surface area contributed by atoms with Crippen molar-refractivity contribution >= 4 is 22.6 Å². The van der Waals surface area contributed by atoms with Crippen LogP contribution in [0, 0.1) is 5.82 Å². The van der Waals surface area contributed by atoms with E-state index in [9.17, 15) is 35.8 Å². The Hall–Kier alpha value is -3.46. The van der Waals surface area contributed by atoms with Crippen LogP contribution >= 0.6 is 11.6 Å². The van der Waals surface area contributed by atoms with Crippen LogP contribution < -0.4 is 4.74 Å². The summed E-state index contributed by atoms with van der Waals surface area (Å²) in [5, 5.41) is 10.2. The van der Waals surface area contributed by atoms with Crippen molar-refractivity contribution < 1.29 is 45.3 Å². The number of ether oxygens (including phenoxy) is 2. The molecular formula is C32H30ClF7N4O3. The maximum atomic E-state index is 14.1. The molecule has 7 nitrogen and oxygen atoms in total. The van der Waals surface area contributed by atoms with E-state index >= 15 is 0 Å². The first-order chi connectivity index (χ1) is 22.2. The number of nitrogens with zero attached hydrogens (tertiary/aromatic N) is 4. The predicted molar refractivity (Wildman–Crippen MR) is 157 cm³/mol. The van der Waals surface area contributed by atoms with Crippen molar-refractivity contribution in [2.24, 2.45) is 0 Å². The van der Waals surface area contributed by atoms with Gasteiger partial charge in [-0.25, -0.2) is 14.4 Å². The van der Waals surface area contributed by atoms with Gasteiger partial charge in [-0.15, -0.1) is 0 Å². The Morgan fingerprint density at radius 1 is 0.936 bits per heavy atom. The Kier molecular flexibility index (Phi) is 9.15. The largest absolute Gasteiger partial charge is 0.473 e. The molecule has 6 rings (SSSR count). The first-order valence-electron chi connectivity index (χ1n) is 15.0. The van der Waals surface area contributed by atoms with Gasteiger partial charge in [0.25, 0.3) is 5.60 Å². The lowest BCUT2D eigenvalue weighted by molar-refractivity contribution is -0.376. The number of pyridine rings is 1. The fraction of sp³-hybridized carbons (Fsp3) is 0.438. The molecule has 2 aromatic heterocycles. The Bertz CT molecular complexity index is 1720. The number of halogens is 8. The average molecular weight is 687 g/mol. The minimum absolute atomic E-state index is 0.0159. The predicted octanol–water partition coefficient (Wildman–Crippen LogP) is 7.28. The van der Waals surface area contributed by atoms with Gasteiger partial charge in [0.2, 0.25) is 5.88 Å². The number of piperidine rings is 1. The maximum absolute atomic E-state index is 14.1. The summed E-state index contributed by atoms with van der Waals surface area (Å²) in [6.07, 6.45) is -9.94. The number of benzene rings is 2. The summed E-state index contributed by atoms with van der Waals surface area (Å²) in [5.74, 6) is 0.457. The fourth-order valence-corrected chi connectivity index (χ4v) is 6.12. The first kappa shape index (κ1) is 33.4. The van der Waals surface area contributed by atoms with Crippen LogP contribution in [0.25, 0.3) is 11.0 Å². The Morgan fingerprint density at radius 2 is 1.66 bits per heavy atom. The highest BCUT2D eigenvalue weighted by molar-refractivity contribution is 6.30. The molecule has 4 aromatic rings. The topological polar surface area (TPSA) is 72.6 Å². The highest BCUT2D eigenvalue weighted by atomic mass is 35.5. The van der Waals surface area contributed by atoms with Gasteiger partial charge in [0.05, 0.1) is 30.2 Å². The number of likely N-dealkylation sites (tertiary alicyclic amines) is 1. The number of imidazole rings is 1. The second-order valence-corrected chi connectivity index (χ2v) is 12.2. The normalized spacial score (nSPS) is 18.4. The van der Waals surface area contributed by atoms with E-state index in [2.05, 4.69) is 14.9 Å². The van der Waals surface area contributed by atoms with E-state index in [0.29, 0.717) is 67.7 Å². The summed E-state index contributed by atoms with van der Waals surface area (Å²) >= 11 is 5.82. The molecule has 0 amide bonds. The molecule has 2 aliphatic rings. The van der Waals surface area contributed by atoms with Crippen LogP contribution in [0.2, 0.25) is 5.02 Å². The molecule has 252 valence electrons. The number of aliphatic hydroxyl groups is 1. The lowest BCUT2D eigenvalue weighted by Crippen LogP contribution is -2.53. The second kappa shape index (κ2) is 12.9. The summed E-state index contributed by atoms with van der Waals surface area (Å²) in [4.78, 5) is 11.2. The van der Waals surface area contributed by atoms with Gasteiger partial charge in [0, 0.05) is 40.4 Å². The van der Waals surface area contributed by atoms with E-state index in [1.807, 2.05) is 12.1 Å². The molecule has 0 spiro atoms. The molecule has 2 saturated heterocycles. The van der Waals surface area contributed by atoms with Gasteiger partial charge in [-0.3, -0.25) is 4.90 Å². The molecule has 1 N–H and O–H groups in total. The smallest absolute Gasteiger partial charge is 0.430 e. The van der Waals surface area contributed by atoms with Crippen molar-refractivity contribution in [1.82, 2.24) is 19.4 Å². The molecular weight excluding hydrogens is 657 g/mol. The number of aromatic nitrogens is 3. The molecule has 0 saturated carbocycles. The van der Waals surface area contributed by atoms with Crippen LogP contribution in [0.4, 0.5) is 30.7 Å². The van der Waals surface area contributed by atoms with Crippen molar-refractivity contribution in [1.29, 1.82) is 0 Å². The van der Waals surface area contributed by atoms with Gasteiger partial charge in [0.1, 0.15) is 18.2 Å². The summed E-state index contributed by atoms with van der Waals surface area (Å²) in [6.45, 7) is 2.44. The molecule has 2 fully saturated rings. The van der Waals surface area contributed by atoms with Crippen molar-refractivity contribution in [2.45, 2.75) is 68.9 Å². The monoisotopic (exact) mass is 686 g/mol. The third kappa shape index (κ3) is 6.78. The van der Waals surface area contributed by atoms with Crippen LogP contribution in [-0.2, 0) is 30.0 Å². The van der Waals surface area contributed by atoms with Crippen molar-refractivity contribution in [2.75, 3.05) is 19.7 Å². The Labute approximate surface area is 269 Å². The summed E-state index contributed by atoms with van der Waals surface area (Å²) < 4.78 is 109. The molecule has 2 aliphatic heterocycles. The third-order valence-electron chi connectivity index (χ3n) is 8.75. The van der Waals surface area contributed by atoms with Gasteiger partial charge in [-0.2, -0.15) is 26.3 Å². The minimum atomic E-state index is -6.00. The summed E-state index contributed by atoms with van der Waals surface area (Å²) in [7, 11) is 0. The van der Waals surface area contributed by atoms with E-state index in [0.717, 1.165) is 31.0 Å². The fourth-order valence-electron chi connectivity index (χ4n) is 5.97. The summed E-state index contributed by atoms with van der Waals surface area (Å²) in [5.41, 5.74) is -4.96.